The van der Waals surface area contributed by atoms with Gasteiger partial charge in [-0.15, -0.1) is 0 Å². The van der Waals surface area contributed by atoms with E-state index in [2.05, 4.69) is 29.5 Å². The van der Waals surface area contributed by atoms with Gasteiger partial charge in [0.25, 0.3) is 0 Å². The van der Waals surface area contributed by atoms with Gasteiger partial charge in [-0.25, -0.2) is 0 Å². The first-order valence-electron chi connectivity index (χ1n) is 6.70. The molecule has 102 valence electrons. The van der Waals surface area contributed by atoms with Crippen molar-refractivity contribution in [3.05, 3.63) is 48.3 Å². The molecular weight excluding hydrogens is 238 g/mol. The first-order chi connectivity index (χ1) is 9.28. The second-order valence-corrected chi connectivity index (χ2v) is 4.59. The van der Waals surface area contributed by atoms with Crippen LogP contribution in [0.4, 0.5) is 0 Å². The summed E-state index contributed by atoms with van der Waals surface area (Å²) < 4.78 is 7.44. The fourth-order valence-electron chi connectivity index (χ4n) is 1.96. The number of ether oxygens (including phenoxy) is 1. The van der Waals surface area contributed by atoms with Crippen LogP contribution in [0.3, 0.4) is 0 Å². The molecule has 0 aliphatic rings. The first-order valence-corrected chi connectivity index (χ1v) is 6.70. The van der Waals surface area contributed by atoms with E-state index in [0.29, 0.717) is 12.6 Å². The zero-order valence-corrected chi connectivity index (χ0v) is 11.5. The number of nitrogens with one attached hydrogen (secondary N) is 1. The topological polar surface area (TPSA) is 39.1 Å². The van der Waals surface area contributed by atoms with Crippen molar-refractivity contribution in [2.24, 2.45) is 0 Å². The lowest BCUT2D eigenvalue weighted by molar-refractivity contribution is 0.339. The molecule has 1 unspecified atom stereocenters. The summed E-state index contributed by atoms with van der Waals surface area (Å²) in [4.78, 5) is 0. The Morgan fingerprint density at radius 3 is 3.00 bits per heavy atom. The molecule has 0 fully saturated rings. The Morgan fingerprint density at radius 2 is 2.26 bits per heavy atom. The molecule has 0 spiro atoms. The van der Waals surface area contributed by atoms with E-state index >= 15 is 0 Å². The Balaban J connectivity index is 1.82. The number of nitrogens with zero attached hydrogens (tertiary/aromatic N) is 2. The smallest absolute Gasteiger partial charge is 0.119 e. The van der Waals surface area contributed by atoms with Crippen molar-refractivity contribution < 1.29 is 4.74 Å². The van der Waals surface area contributed by atoms with Crippen LogP contribution >= 0.6 is 0 Å². The van der Waals surface area contributed by atoms with Crippen LogP contribution in [0, 0.1) is 0 Å². The third-order valence-electron chi connectivity index (χ3n) is 2.88. The zero-order chi connectivity index (χ0) is 13.5. The van der Waals surface area contributed by atoms with Gasteiger partial charge in [-0.05, 0) is 37.6 Å². The first kappa shape index (κ1) is 13.6. The summed E-state index contributed by atoms with van der Waals surface area (Å²) in [7, 11) is 0. The average Bonchev–Trinajstić information content (AvgIpc) is 2.90. The van der Waals surface area contributed by atoms with E-state index in [-0.39, 0.29) is 0 Å². The second kappa shape index (κ2) is 6.95. The fraction of sp³-hybridized carbons (Fsp3) is 0.400. The van der Waals surface area contributed by atoms with Gasteiger partial charge >= 0.3 is 0 Å². The third kappa shape index (κ3) is 4.41. The van der Waals surface area contributed by atoms with E-state index in [4.69, 9.17) is 4.74 Å². The molecule has 4 heteroatoms. The van der Waals surface area contributed by atoms with Crippen molar-refractivity contribution in [3.8, 4) is 5.75 Å². The highest BCUT2D eigenvalue weighted by Crippen LogP contribution is 2.13. The minimum absolute atomic E-state index is 0.371. The van der Waals surface area contributed by atoms with Crippen molar-refractivity contribution in [3.63, 3.8) is 0 Å². The van der Waals surface area contributed by atoms with Crippen molar-refractivity contribution in [2.45, 2.75) is 33.0 Å². The molecule has 1 heterocycles. The number of rotatable bonds is 7. The number of benzene rings is 1. The second-order valence-electron chi connectivity index (χ2n) is 4.59. The molecule has 0 amide bonds. The van der Waals surface area contributed by atoms with E-state index in [1.807, 2.05) is 36.0 Å². The van der Waals surface area contributed by atoms with Crippen LogP contribution in [0.15, 0.2) is 42.7 Å². The molecule has 4 nitrogen and oxygen atoms in total. The zero-order valence-electron chi connectivity index (χ0n) is 11.5. The van der Waals surface area contributed by atoms with E-state index in [1.54, 1.807) is 6.20 Å². The molecule has 1 N–H and O–H groups in total. The van der Waals surface area contributed by atoms with Gasteiger partial charge in [-0.2, -0.15) is 5.10 Å². The Morgan fingerprint density at radius 1 is 1.37 bits per heavy atom. The summed E-state index contributed by atoms with van der Waals surface area (Å²) in [5.41, 5.74) is 1.23. The maximum absolute atomic E-state index is 5.50. The summed E-state index contributed by atoms with van der Waals surface area (Å²) in [6.45, 7) is 6.57. The maximum atomic E-state index is 5.50. The Kier molecular flexibility index (Phi) is 4.98. The van der Waals surface area contributed by atoms with Crippen LogP contribution in [0.2, 0.25) is 0 Å². The molecule has 0 aliphatic heterocycles. The molecule has 19 heavy (non-hydrogen) atoms. The minimum Gasteiger partial charge on any atom is -0.494 e. The lowest BCUT2D eigenvalue weighted by atomic mass is 10.2. The normalized spacial score (nSPS) is 12.3. The fourth-order valence-corrected chi connectivity index (χ4v) is 1.96. The number of hydrogen-bond acceptors (Lipinski definition) is 3. The van der Waals surface area contributed by atoms with Gasteiger partial charge in [0.2, 0.25) is 0 Å². The molecule has 0 aliphatic carbocycles. The Hall–Kier alpha value is -1.81. The summed E-state index contributed by atoms with van der Waals surface area (Å²) >= 11 is 0. The third-order valence-corrected chi connectivity index (χ3v) is 2.88. The monoisotopic (exact) mass is 259 g/mol. The summed E-state index contributed by atoms with van der Waals surface area (Å²) in [6, 6.07) is 10.5. The highest BCUT2D eigenvalue weighted by Gasteiger charge is 2.03. The van der Waals surface area contributed by atoms with E-state index in [1.165, 1.54) is 5.56 Å². The summed E-state index contributed by atoms with van der Waals surface area (Å²) in [5, 5.41) is 7.70. The van der Waals surface area contributed by atoms with Gasteiger partial charge in [-0.1, -0.05) is 12.1 Å². The van der Waals surface area contributed by atoms with E-state index in [0.717, 1.165) is 18.8 Å². The van der Waals surface area contributed by atoms with Crippen molar-refractivity contribution in [1.29, 1.82) is 0 Å². The number of hydrogen-bond donors (Lipinski definition) is 1. The van der Waals surface area contributed by atoms with Crippen LogP contribution < -0.4 is 10.1 Å². The number of aromatic nitrogens is 2. The van der Waals surface area contributed by atoms with Gasteiger partial charge in [0.15, 0.2) is 0 Å². The summed E-state index contributed by atoms with van der Waals surface area (Å²) in [6.07, 6.45) is 3.78. The molecule has 0 bridgehead atoms. The molecule has 1 atom stereocenters. The predicted octanol–water partition coefficient (Wildman–Crippen LogP) is 2.46. The molecule has 0 radical (unpaired) electrons. The minimum atomic E-state index is 0.371. The van der Waals surface area contributed by atoms with E-state index in [9.17, 15) is 0 Å². The molecule has 2 aromatic rings. The van der Waals surface area contributed by atoms with Gasteiger partial charge in [0.1, 0.15) is 5.75 Å². The van der Waals surface area contributed by atoms with E-state index < -0.39 is 0 Å². The largest absolute Gasteiger partial charge is 0.494 e. The molecule has 1 aromatic heterocycles. The molecule has 0 saturated carbocycles. The SMILES string of the molecule is CCOc1cccc(CNC(C)Cn2cccn2)c1. The molecule has 1 aromatic carbocycles. The Bertz CT molecular complexity index is 482. The molecule has 2 rings (SSSR count). The molecule has 0 saturated heterocycles. The van der Waals surface area contributed by atoms with Gasteiger partial charge in [0, 0.05) is 25.0 Å². The maximum Gasteiger partial charge on any atom is 0.119 e. The van der Waals surface area contributed by atoms with Crippen LogP contribution in [0.1, 0.15) is 19.4 Å². The summed E-state index contributed by atoms with van der Waals surface area (Å²) in [5.74, 6) is 0.932. The van der Waals surface area contributed by atoms with Gasteiger partial charge in [0.05, 0.1) is 13.2 Å². The van der Waals surface area contributed by atoms with Gasteiger partial charge < -0.3 is 10.1 Å². The standard InChI is InChI=1S/C15H21N3O/c1-3-19-15-7-4-6-14(10-15)11-16-13(2)12-18-9-5-8-17-18/h4-10,13,16H,3,11-12H2,1-2H3. The van der Waals surface area contributed by atoms with Gasteiger partial charge in [-0.3, -0.25) is 4.68 Å². The van der Waals surface area contributed by atoms with Crippen LogP contribution in [-0.4, -0.2) is 22.4 Å². The van der Waals surface area contributed by atoms with Crippen molar-refractivity contribution in [2.75, 3.05) is 6.61 Å². The van der Waals surface area contributed by atoms with Crippen LogP contribution in [0.5, 0.6) is 5.75 Å². The molecular formula is C15H21N3O. The Labute approximate surface area is 114 Å². The average molecular weight is 259 g/mol. The van der Waals surface area contributed by atoms with Crippen LogP contribution in [0.25, 0.3) is 0 Å². The highest BCUT2D eigenvalue weighted by molar-refractivity contribution is 5.28. The predicted molar refractivity (Wildman–Crippen MR) is 76.1 cm³/mol. The van der Waals surface area contributed by atoms with Crippen LogP contribution in [-0.2, 0) is 13.1 Å². The van der Waals surface area contributed by atoms with Crippen molar-refractivity contribution >= 4 is 0 Å². The van der Waals surface area contributed by atoms with Crippen molar-refractivity contribution in [1.82, 2.24) is 15.1 Å². The lowest BCUT2D eigenvalue weighted by Crippen LogP contribution is -2.30. The highest BCUT2D eigenvalue weighted by atomic mass is 16.5. The quantitative estimate of drug-likeness (QED) is 0.830. The lowest BCUT2D eigenvalue weighted by Gasteiger charge is -2.14.